The van der Waals surface area contributed by atoms with Gasteiger partial charge in [-0.25, -0.2) is 4.98 Å². The number of aromatic nitrogens is 2. The average Bonchev–Trinajstić information content (AvgIpc) is 2.92. The summed E-state index contributed by atoms with van der Waals surface area (Å²) in [4.78, 5) is 28.5. The van der Waals surface area contributed by atoms with Crippen molar-refractivity contribution >= 4 is 18.3 Å². The second kappa shape index (κ2) is 7.97. The molecule has 2 fully saturated rings. The Labute approximate surface area is 147 Å². The molecular weight excluding hydrogens is 322 g/mol. The van der Waals surface area contributed by atoms with Crippen LogP contribution < -0.4 is 10.6 Å². The van der Waals surface area contributed by atoms with Crippen molar-refractivity contribution in [1.82, 2.24) is 19.8 Å². The van der Waals surface area contributed by atoms with Crippen molar-refractivity contribution in [3.8, 4) is 0 Å². The van der Waals surface area contributed by atoms with Gasteiger partial charge in [-0.2, -0.15) is 0 Å². The first-order valence-electron chi connectivity index (χ1n) is 9.04. The van der Waals surface area contributed by atoms with Crippen molar-refractivity contribution < 1.29 is 14.7 Å². The lowest BCUT2D eigenvalue weighted by Crippen LogP contribution is -2.37. The molecule has 1 amide bonds. The maximum atomic E-state index is 11.0. The van der Waals surface area contributed by atoms with E-state index < -0.39 is 5.97 Å². The molecule has 3 heterocycles. The SMILES string of the molecule is Cc1nc(NC=O)n(C2CCNCC2)c1C1CCN(CC(=O)O)CC1. The van der Waals surface area contributed by atoms with Gasteiger partial charge in [-0.1, -0.05) is 0 Å². The number of aliphatic carboxylic acids is 1. The van der Waals surface area contributed by atoms with Crippen molar-refractivity contribution in [2.45, 2.75) is 44.6 Å². The predicted octanol–water partition coefficient (Wildman–Crippen LogP) is 0.948. The van der Waals surface area contributed by atoms with Crippen molar-refractivity contribution in [2.24, 2.45) is 0 Å². The number of carbonyl (C=O) groups excluding carboxylic acids is 1. The summed E-state index contributed by atoms with van der Waals surface area (Å²) in [5.74, 6) is 0.226. The van der Waals surface area contributed by atoms with Crippen LogP contribution in [0.2, 0.25) is 0 Å². The molecule has 0 atom stereocenters. The number of aryl methyl sites for hydroxylation is 1. The second-order valence-electron chi connectivity index (χ2n) is 6.96. The molecule has 2 saturated heterocycles. The molecule has 2 aliphatic heterocycles. The van der Waals surface area contributed by atoms with Crippen molar-refractivity contribution in [3.63, 3.8) is 0 Å². The van der Waals surface area contributed by atoms with Crippen LogP contribution in [0.1, 0.15) is 49.0 Å². The summed E-state index contributed by atoms with van der Waals surface area (Å²) >= 11 is 0. The highest BCUT2D eigenvalue weighted by Gasteiger charge is 2.30. The number of imidazole rings is 1. The van der Waals surface area contributed by atoms with Crippen LogP contribution in [-0.4, -0.2) is 64.7 Å². The molecule has 0 unspecified atom stereocenters. The summed E-state index contributed by atoms with van der Waals surface area (Å²) < 4.78 is 2.24. The monoisotopic (exact) mass is 349 g/mol. The van der Waals surface area contributed by atoms with E-state index in [9.17, 15) is 9.59 Å². The molecule has 0 bridgehead atoms. The zero-order valence-electron chi connectivity index (χ0n) is 14.7. The number of rotatable bonds is 6. The summed E-state index contributed by atoms with van der Waals surface area (Å²) in [6.45, 7) is 5.62. The molecule has 8 nitrogen and oxygen atoms in total. The van der Waals surface area contributed by atoms with Gasteiger partial charge in [-0.05, 0) is 58.8 Å². The van der Waals surface area contributed by atoms with Gasteiger partial charge in [0.1, 0.15) is 0 Å². The minimum absolute atomic E-state index is 0.108. The highest BCUT2D eigenvalue weighted by Crippen LogP contribution is 2.36. The normalized spacial score (nSPS) is 20.5. The molecule has 1 aromatic heterocycles. The first-order chi connectivity index (χ1) is 12.1. The summed E-state index contributed by atoms with van der Waals surface area (Å²) in [5.41, 5.74) is 2.19. The number of carboxylic acids is 1. The molecule has 138 valence electrons. The number of hydrogen-bond acceptors (Lipinski definition) is 5. The third-order valence-electron chi connectivity index (χ3n) is 5.33. The van der Waals surface area contributed by atoms with E-state index in [1.165, 1.54) is 5.69 Å². The van der Waals surface area contributed by atoms with E-state index in [0.717, 1.165) is 57.6 Å². The Morgan fingerprint density at radius 1 is 1.32 bits per heavy atom. The van der Waals surface area contributed by atoms with Crippen LogP contribution in [0.5, 0.6) is 0 Å². The van der Waals surface area contributed by atoms with Gasteiger partial charge >= 0.3 is 5.97 Å². The summed E-state index contributed by atoms with van der Waals surface area (Å²) in [6, 6.07) is 0.344. The standard InChI is InChI=1S/C17H27N5O3/c1-12-16(13-4-8-21(9-5-13)10-15(24)25)22(17(20-12)19-11-23)14-2-6-18-7-3-14/h11,13-14,18H,2-10H2,1H3,(H,24,25)(H,19,20,23). The molecule has 3 rings (SSSR count). The molecule has 8 heteroatoms. The first kappa shape index (κ1) is 17.9. The van der Waals surface area contributed by atoms with Crippen molar-refractivity contribution in [1.29, 1.82) is 0 Å². The van der Waals surface area contributed by atoms with Gasteiger partial charge in [0.15, 0.2) is 0 Å². The van der Waals surface area contributed by atoms with Gasteiger partial charge in [-0.15, -0.1) is 0 Å². The Morgan fingerprint density at radius 2 is 2.00 bits per heavy atom. The number of nitrogens with zero attached hydrogens (tertiary/aromatic N) is 3. The largest absolute Gasteiger partial charge is 0.480 e. The van der Waals surface area contributed by atoms with Gasteiger partial charge in [0.2, 0.25) is 12.4 Å². The Hall–Kier alpha value is -1.93. The van der Waals surface area contributed by atoms with Crippen molar-refractivity contribution in [3.05, 3.63) is 11.4 Å². The zero-order valence-corrected chi connectivity index (χ0v) is 14.7. The van der Waals surface area contributed by atoms with Crippen LogP contribution in [0.25, 0.3) is 0 Å². The lowest BCUT2D eigenvalue weighted by atomic mass is 9.91. The van der Waals surface area contributed by atoms with Crippen LogP contribution in [0.4, 0.5) is 5.95 Å². The Bertz CT molecular complexity index is 616. The Kier molecular flexibility index (Phi) is 5.70. The Balaban J connectivity index is 1.82. The zero-order chi connectivity index (χ0) is 17.8. The van der Waals surface area contributed by atoms with Gasteiger partial charge in [0, 0.05) is 17.7 Å². The number of carboxylic acid groups (broad SMARTS) is 1. The topological polar surface area (TPSA) is 99.5 Å². The summed E-state index contributed by atoms with van der Waals surface area (Å²) in [7, 11) is 0. The lowest BCUT2D eigenvalue weighted by Gasteiger charge is -2.34. The third kappa shape index (κ3) is 4.01. The predicted molar refractivity (Wildman–Crippen MR) is 93.8 cm³/mol. The van der Waals surface area contributed by atoms with E-state index >= 15 is 0 Å². The number of amides is 1. The molecule has 25 heavy (non-hydrogen) atoms. The number of piperidine rings is 2. The van der Waals surface area contributed by atoms with E-state index in [4.69, 9.17) is 5.11 Å². The van der Waals surface area contributed by atoms with Crippen LogP contribution in [0.3, 0.4) is 0 Å². The lowest BCUT2D eigenvalue weighted by molar-refractivity contribution is -0.138. The van der Waals surface area contributed by atoms with Gasteiger partial charge in [0.25, 0.3) is 0 Å². The molecule has 0 aliphatic carbocycles. The fraction of sp³-hybridized carbons (Fsp3) is 0.706. The maximum absolute atomic E-state index is 11.0. The molecule has 2 aliphatic rings. The molecule has 1 aromatic rings. The second-order valence-corrected chi connectivity index (χ2v) is 6.96. The fourth-order valence-corrected chi connectivity index (χ4v) is 4.20. The van der Waals surface area contributed by atoms with Crippen LogP contribution in [-0.2, 0) is 9.59 Å². The highest BCUT2D eigenvalue weighted by molar-refractivity contribution is 5.69. The minimum atomic E-state index is -0.771. The number of carbonyl (C=O) groups is 2. The van der Waals surface area contributed by atoms with Crippen LogP contribution in [0, 0.1) is 6.92 Å². The smallest absolute Gasteiger partial charge is 0.317 e. The van der Waals surface area contributed by atoms with E-state index in [0.29, 0.717) is 24.3 Å². The fourth-order valence-electron chi connectivity index (χ4n) is 4.20. The van der Waals surface area contributed by atoms with Crippen molar-refractivity contribution in [2.75, 3.05) is 38.0 Å². The number of hydrogen-bond donors (Lipinski definition) is 3. The third-order valence-corrected chi connectivity index (χ3v) is 5.33. The summed E-state index contributed by atoms with van der Waals surface area (Å²) in [5, 5.41) is 15.1. The number of likely N-dealkylation sites (tertiary alicyclic amines) is 1. The van der Waals surface area contributed by atoms with Crippen LogP contribution >= 0.6 is 0 Å². The average molecular weight is 349 g/mol. The van der Waals surface area contributed by atoms with Gasteiger partial charge in [-0.3, -0.25) is 19.8 Å². The number of nitrogens with one attached hydrogen (secondary N) is 2. The quantitative estimate of drug-likeness (QED) is 0.661. The number of anilines is 1. The molecule has 3 N–H and O–H groups in total. The molecule has 0 spiro atoms. The van der Waals surface area contributed by atoms with E-state index in [1.807, 2.05) is 11.8 Å². The molecular formula is C17H27N5O3. The van der Waals surface area contributed by atoms with Gasteiger partial charge < -0.3 is 15.0 Å². The van der Waals surface area contributed by atoms with E-state index in [1.54, 1.807) is 0 Å². The Morgan fingerprint density at radius 3 is 2.60 bits per heavy atom. The van der Waals surface area contributed by atoms with E-state index in [-0.39, 0.29) is 6.54 Å². The molecule has 0 saturated carbocycles. The van der Waals surface area contributed by atoms with Crippen LogP contribution in [0.15, 0.2) is 0 Å². The first-order valence-corrected chi connectivity index (χ1v) is 9.04. The van der Waals surface area contributed by atoms with Gasteiger partial charge in [0.05, 0.1) is 12.2 Å². The minimum Gasteiger partial charge on any atom is -0.480 e. The summed E-state index contributed by atoms with van der Waals surface area (Å²) in [6.07, 6.45) is 4.58. The highest BCUT2D eigenvalue weighted by atomic mass is 16.4. The molecule has 0 radical (unpaired) electrons. The maximum Gasteiger partial charge on any atom is 0.317 e. The van der Waals surface area contributed by atoms with E-state index in [2.05, 4.69) is 20.2 Å². The molecule has 0 aromatic carbocycles.